The Hall–Kier alpha value is -3.04. The van der Waals surface area contributed by atoms with Crippen LogP contribution in [0.1, 0.15) is 26.6 Å². The molecule has 8 nitrogen and oxygen atoms in total. The topological polar surface area (TPSA) is 89.3 Å². The van der Waals surface area contributed by atoms with Crippen LogP contribution in [-0.4, -0.2) is 37.4 Å². The predicted octanol–water partition coefficient (Wildman–Crippen LogP) is 4.29. The third-order valence-corrected chi connectivity index (χ3v) is 6.91. The fourth-order valence-electron chi connectivity index (χ4n) is 3.51. The van der Waals surface area contributed by atoms with Crippen molar-refractivity contribution >= 4 is 46.6 Å². The number of fused-ring (bicyclic) bond motifs is 1. The quantitative estimate of drug-likeness (QED) is 0.524. The van der Waals surface area contributed by atoms with E-state index >= 15 is 0 Å². The molecule has 0 radical (unpaired) electrons. The lowest BCUT2D eigenvalue weighted by molar-refractivity contribution is -0.126. The van der Waals surface area contributed by atoms with Gasteiger partial charge in [0.15, 0.2) is 11.0 Å². The van der Waals surface area contributed by atoms with Crippen molar-refractivity contribution in [2.45, 2.75) is 43.3 Å². The molecule has 1 N–H and O–H groups in total. The lowest BCUT2D eigenvalue weighted by Gasteiger charge is -2.43. The monoisotopic (exact) mass is 485 g/mol. The Bertz CT molecular complexity index is 1210. The smallest absolute Gasteiger partial charge is 0.250 e. The van der Waals surface area contributed by atoms with Gasteiger partial charge in [0.2, 0.25) is 11.8 Å². The van der Waals surface area contributed by atoms with E-state index in [9.17, 15) is 9.59 Å². The van der Waals surface area contributed by atoms with Gasteiger partial charge in [-0.1, -0.05) is 47.6 Å². The third kappa shape index (κ3) is 4.43. The molecular weight excluding hydrogens is 462 g/mol. The van der Waals surface area contributed by atoms with Gasteiger partial charge in [-0.15, -0.1) is 10.2 Å². The highest BCUT2D eigenvalue weighted by Crippen LogP contribution is 2.38. The molecule has 0 aliphatic carbocycles. The minimum atomic E-state index is -1.03. The molecule has 1 aromatic heterocycles. The molecule has 1 atom stereocenters. The van der Waals surface area contributed by atoms with Crippen molar-refractivity contribution in [2.75, 3.05) is 10.2 Å². The maximum Gasteiger partial charge on any atom is 0.250 e. The number of hydrogen-bond donors (Lipinski definition) is 1. The summed E-state index contributed by atoms with van der Waals surface area (Å²) in [6.45, 7) is 5.45. The molecule has 2 amide bonds. The summed E-state index contributed by atoms with van der Waals surface area (Å²) in [7, 11) is 1.82. The molecule has 3 aromatic rings. The summed E-state index contributed by atoms with van der Waals surface area (Å²) in [4.78, 5) is 27.8. The van der Waals surface area contributed by atoms with Crippen LogP contribution in [-0.2, 0) is 23.2 Å². The largest absolute Gasteiger partial charge is 0.484 e. The van der Waals surface area contributed by atoms with Crippen LogP contribution < -0.4 is 15.0 Å². The minimum absolute atomic E-state index is 0.183. The SMILES string of the molecule is CC(Sc1nnc(COc2ccccc2Cl)n1C)C(=O)N1c2ccccc2NC(=O)C1(C)C. The Kier molecular flexibility index (Phi) is 6.36. The number of carbonyl (C=O) groups excluding carboxylic acids is 2. The van der Waals surface area contributed by atoms with Gasteiger partial charge in [0.1, 0.15) is 17.9 Å². The zero-order chi connectivity index (χ0) is 23.8. The summed E-state index contributed by atoms with van der Waals surface area (Å²) in [5.74, 6) is 0.734. The molecule has 2 aromatic carbocycles. The number of hydrogen-bond acceptors (Lipinski definition) is 6. The van der Waals surface area contributed by atoms with Crippen molar-refractivity contribution in [1.29, 1.82) is 0 Å². The van der Waals surface area contributed by atoms with Crippen molar-refractivity contribution in [3.05, 3.63) is 59.4 Å². The summed E-state index contributed by atoms with van der Waals surface area (Å²) >= 11 is 7.42. The summed E-state index contributed by atoms with van der Waals surface area (Å²) in [5, 5.41) is 11.9. The van der Waals surface area contributed by atoms with Crippen LogP contribution >= 0.6 is 23.4 Å². The Labute approximate surface area is 201 Å². The van der Waals surface area contributed by atoms with Crippen LogP contribution in [0.2, 0.25) is 5.02 Å². The normalized spacial score (nSPS) is 15.5. The van der Waals surface area contributed by atoms with Gasteiger partial charge in [-0.05, 0) is 45.0 Å². The molecule has 0 saturated heterocycles. The van der Waals surface area contributed by atoms with Crippen LogP contribution in [0.4, 0.5) is 11.4 Å². The fraction of sp³-hybridized carbons (Fsp3) is 0.304. The van der Waals surface area contributed by atoms with Crippen LogP contribution in [0, 0.1) is 0 Å². The molecule has 0 saturated carbocycles. The van der Waals surface area contributed by atoms with Gasteiger partial charge < -0.3 is 14.6 Å². The number of anilines is 2. The van der Waals surface area contributed by atoms with Gasteiger partial charge in [0.25, 0.3) is 0 Å². The molecule has 0 bridgehead atoms. The molecule has 1 unspecified atom stereocenters. The van der Waals surface area contributed by atoms with E-state index in [-0.39, 0.29) is 18.4 Å². The number of rotatable bonds is 6. The molecule has 172 valence electrons. The van der Waals surface area contributed by atoms with Gasteiger partial charge in [-0.3, -0.25) is 14.5 Å². The molecule has 10 heteroatoms. The Balaban J connectivity index is 1.51. The first-order valence-electron chi connectivity index (χ1n) is 10.4. The molecule has 4 rings (SSSR count). The van der Waals surface area contributed by atoms with Crippen LogP contribution in [0.3, 0.4) is 0 Å². The van der Waals surface area contributed by atoms with Gasteiger partial charge in [-0.25, -0.2) is 0 Å². The van der Waals surface area contributed by atoms with Crippen LogP contribution in [0.5, 0.6) is 5.75 Å². The highest BCUT2D eigenvalue weighted by molar-refractivity contribution is 8.00. The van der Waals surface area contributed by atoms with Crippen molar-refractivity contribution < 1.29 is 14.3 Å². The van der Waals surface area contributed by atoms with Crippen molar-refractivity contribution in [3.63, 3.8) is 0 Å². The van der Waals surface area contributed by atoms with E-state index in [1.165, 1.54) is 11.8 Å². The molecule has 0 fully saturated rings. The maximum atomic E-state index is 13.5. The first-order chi connectivity index (χ1) is 15.7. The molecule has 1 aliphatic rings. The number of amides is 2. The zero-order valence-corrected chi connectivity index (χ0v) is 20.3. The third-order valence-electron chi connectivity index (χ3n) is 5.48. The number of halogens is 1. The lowest BCUT2D eigenvalue weighted by Crippen LogP contribution is -2.60. The number of aromatic nitrogens is 3. The number of nitrogens with zero attached hydrogens (tertiary/aromatic N) is 4. The van der Waals surface area contributed by atoms with E-state index in [2.05, 4.69) is 15.5 Å². The second-order valence-corrected chi connectivity index (χ2v) is 9.86. The standard InChI is InChI=1S/C23H24ClN5O3S/c1-14(20(30)29-17-11-7-6-10-16(17)25-21(31)23(29,2)3)33-22-27-26-19(28(22)4)13-32-18-12-8-5-9-15(18)24/h5-12,14H,13H2,1-4H3,(H,25,31). The van der Waals surface area contributed by atoms with Crippen molar-refractivity contribution in [1.82, 2.24) is 14.8 Å². The summed E-state index contributed by atoms with van der Waals surface area (Å²) < 4.78 is 7.54. The van der Waals surface area contributed by atoms with E-state index in [0.717, 1.165) is 0 Å². The maximum absolute atomic E-state index is 13.5. The second kappa shape index (κ2) is 9.07. The number of nitrogens with one attached hydrogen (secondary N) is 1. The lowest BCUT2D eigenvalue weighted by atomic mass is 9.96. The highest BCUT2D eigenvalue weighted by Gasteiger charge is 2.45. The first-order valence-corrected chi connectivity index (χ1v) is 11.6. The van der Waals surface area contributed by atoms with E-state index in [1.807, 2.05) is 37.4 Å². The average molecular weight is 486 g/mol. The van der Waals surface area contributed by atoms with E-state index < -0.39 is 10.8 Å². The first kappa shape index (κ1) is 23.1. The highest BCUT2D eigenvalue weighted by atomic mass is 35.5. The molecule has 1 aliphatic heterocycles. The second-order valence-electron chi connectivity index (χ2n) is 8.14. The Morgan fingerprint density at radius 3 is 2.64 bits per heavy atom. The molecular formula is C23H24ClN5O3S. The molecule has 2 heterocycles. The predicted molar refractivity (Wildman–Crippen MR) is 129 cm³/mol. The summed E-state index contributed by atoms with van der Waals surface area (Å²) in [6.07, 6.45) is 0. The number of ether oxygens (including phenoxy) is 1. The van der Waals surface area contributed by atoms with Gasteiger partial charge >= 0.3 is 0 Å². The van der Waals surface area contributed by atoms with E-state index in [1.54, 1.807) is 48.4 Å². The minimum Gasteiger partial charge on any atom is -0.484 e. The Morgan fingerprint density at radius 2 is 1.88 bits per heavy atom. The average Bonchev–Trinajstić information content (AvgIpc) is 3.12. The van der Waals surface area contributed by atoms with Gasteiger partial charge in [0, 0.05) is 7.05 Å². The van der Waals surface area contributed by atoms with Gasteiger partial charge in [-0.2, -0.15) is 0 Å². The van der Waals surface area contributed by atoms with E-state index in [4.69, 9.17) is 16.3 Å². The number of benzene rings is 2. The Morgan fingerprint density at radius 1 is 1.18 bits per heavy atom. The zero-order valence-electron chi connectivity index (χ0n) is 18.7. The number of para-hydroxylation sites is 3. The van der Waals surface area contributed by atoms with E-state index in [0.29, 0.717) is 33.1 Å². The van der Waals surface area contributed by atoms with Crippen molar-refractivity contribution in [3.8, 4) is 5.75 Å². The van der Waals surface area contributed by atoms with Gasteiger partial charge in [0.05, 0.1) is 21.6 Å². The number of carbonyl (C=O) groups is 2. The summed E-state index contributed by atoms with van der Waals surface area (Å²) in [5.41, 5.74) is 0.255. The summed E-state index contributed by atoms with van der Waals surface area (Å²) in [6, 6.07) is 14.5. The fourth-order valence-corrected chi connectivity index (χ4v) is 4.58. The number of thioether (sulfide) groups is 1. The molecule has 0 spiro atoms. The van der Waals surface area contributed by atoms with Crippen LogP contribution in [0.15, 0.2) is 53.7 Å². The molecule has 33 heavy (non-hydrogen) atoms. The van der Waals surface area contributed by atoms with Crippen LogP contribution in [0.25, 0.3) is 0 Å². The van der Waals surface area contributed by atoms with Crippen molar-refractivity contribution in [2.24, 2.45) is 7.05 Å².